The van der Waals surface area contributed by atoms with Crippen molar-refractivity contribution >= 4 is 23.6 Å². The van der Waals surface area contributed by atoms with E-state index in [9.17, 15) is 9.59 Å². The van der Waals surface area contributed by atoms with Gasteiger partial charge >= 0.3 is 5.97 Å². The third kappa shape index (κ3) is 5.82. The minimum atomic E-state index is -1.10. The van der Waals surface area contributed by atoms with Crippen LogP contribution in [0.2, 0.25) is 0 Å². The van der Waals surface area contributed by atoms with Crippen LogP contribution < -0.4 is 10.1 Å². The lowest BCUT2D eigenvalue weighted by molar-refractivity contribution is -0.149. The highest BCUT2D eigenvalue weighted by Gasteiger charge is 2.25. The summed E-state index contributed by atoms with van der Waals surface area (Å²) in [5, 5.41) is 2.81. The number of amides is 1. The Morgan fingerprint density at radius 1 is 0.900 bits per heavy atom. The zero-order valence-corrected chi connectivity index (χ0v) is 16.7. The van der Waals surface area contributed by atoms with Crippen LogP contribution >= 0.6 is 0 Å². The summed E-state index contributed by atoms with van der Waals surface area (Å²) in [4.78, 5) is 25.4. The van der Waals surface area contributed by atoms with Crippen molar-refractivity contribution in [2.24, 2.45) is 0 Å². The van der Waals surface area contributed by atoms with E-state index in [0.29, 0.717) is 23.6 Å². The number of para-hydroxylation sites is 2. The van der Waals surface area contributed by atoms with Crippen molar-refractivity contribution in [3.05, 3.63) is 102 Å². The highest BCUT2D eigenvalue weighted by molar-refractivity contribution is 5.98. The van der Waals surface area contributed by atoms with E-state index in [4.69, 9.17) is 9.47 Å². The van der Waals surface area contributed by atoms with Crippen molar-refractivity contribution in [3.8, 4) is 5.75 Å². The first kappa shape index (κ1) is 20.9. The first-order chi connectivity index (χ1) is 14.7. The topological polar surface area (TPSA) is 64.6 Å². The Hall–Kier alpha value is -3.86. The lowest BCUT2D eigenvalue weighted by Crippen LogP contribution is -2.25. The quantitative estimate of drug-likeness (QED) is 0.425. The third-order valence-corrected chi connectivity index (χ3v) is 4.23. The Bertz CT molecular complexity index is 1000. The van der Waals surface area contributed by atoms with Gasteiger partial charge in [0.05, 0.1) is 12.3 Å². The van der Waals surface area contributed by atoms with Gasteiger partial charge in [0.1, 0.15) is 5.75 Å². The molecule has 0 aromatic heterocycles. The van der Waals surface area contributed by atoms with Crippen molar-refractivity contribution in [2.75, 3.05) is 11.9 Å². The molecule has 5 heteroatoms. The number of ether oxygens (including phenoxy) is 2. The molecule has 0 saturated heterocycles. The van der Waals surface area contributed by atoms with Crippen molar-refractivity contribution in [3.63, 3.8) is 0 Å². The van der Waals surface area contributed by atoms with E-state index in [1.165, 1.54) is 6.08 Å². The van der Waals surface area contributed by atoms with Crippen LogP contribution in [-0.4, -0.2) is 18.5 Å². The van der Waals surface area contributed by atoms with Crippen molar-refractivity contribution in [1.82, 2.24) is 0 Å². The molecule has 0 unspecified atom stereocenters. The number of hydrogen-bond acceptors (Lipinski definition) is 4. The fourth-order valence-electron chi connectivity index (χ4n) is 2.83. The fraction of sp³-hybridized carbons (Fsp3) is 0.120. The molecule has 0 saturated carbocycles. The molecule has 3 aromatic carbocycles. The van der Waals surface area contributed by atoms with Gasteiger partial charge in [0.15, 0.2) is 0 Å². The smallest absolute Gasteiger partial charge is 0.331 e. The molecule has 0 spiro atoms. The van der Waals surface area contributed by atoms with Crippen molar-refractivity contribution in [2.45, 2.75) is 13.0 Å². The van der Waals surface area contributed by atoms with Gasteiger partial charge in [-0.15, -0.1) is 0 Å². The second-order valence-corrected chi connectivity index (χ2v) is 6.39. The second-order valence-electron chi connectivity index (χ2n) is 6.39. The SMILES string of the molecule is CCOc1ccccc1NC(=O)[C@@H](OC(=O)/C=C/c1ccccc1)c1ccccc1. The van der Waals surface area contributed by atoms with E-state index < -0.39 is 18.0 Å². The standard InChI is InChI=1S/C25H23NO4/c1-2-29-22-16-10-9-15-21(22)26-25(28)24(20-13-7-4-8-14-20)30-23(27)18-17-19-11-5-3-6-12-19/h3-18,24H,2H2,1H3,(H,26,28)/b18-17+/t24-/m0/s1. The fourth-order valence-corrected chi connectivity index (χ4v) is 2.83. The lowest BCUT2D eigenvalue weighted by atomic mass is 10.1. The highest BCUT2D eigenvalue weighted by Crippen LogP contribution is 2.26. The number of anilines is 1. The first-order valence-electron chi connectivity index (χ1n) is 9.68. The molecule has 0 bridgehead atoms. The molecule has 0 aliphatic carbocycles. The van der Waals surface area contributed by atoms with E-state index >= 15 is 0 Å². The van der Waals surface area contributed by atoms with Gasteiger partial charge < -0.3 is 14.8 Å². The predicted octanol–water partition coefficient (Wildman–Crippen LogP) is 5.02. The van der Waals surface area contributed by atoms with Crippen LogP contribution in [0.3, 0.4) is 0 Å². The Morgan fingerprint density at radius 3 is 2.23 bits per heavy atom. The Morgan fingerprint density at radius 2 is 1.53 bits per heavy atom. The molecule has 1 atom stereocenters. The van der Waals surface area contributed by atoms with Crippen LogP contribution in [0.5, 0.6) is 5.75 Å². The largest absolute Gasteiger partial charge is 0.492 e. The molecular weight excluding hydrogens is 378 g/mol. The number of benzene rings is 3. The van der Waals surface area contributed by atoms with Crippen molar-refractivity contribution in [1.29, 1.82) is 0 Å². The summed E-state index contributed by atoms with van der Waals surface area (Å²) < 4.78 is 11.1. The average molecular weight is 401 g/mol. The second kappa shape index (κ2) is 10.6. The molecule has 3 rings (SSSR count). The van der Waals surface area contributed by atoms with E-state index in [1.54, 1.807) is 48.5 Å². The van der Waals surface area contributed by atoms with Gasteiger partial charge in [-0.25, -0.2) is 4.79 Å². The molecule has 0 aliphatic heterocycles. The summed E-state index contributed by atoms with van der Waals surface area (Å²) in [6.07, 6.45) is 1.85. The number of carbonyl (C=O) groups excluding carboxylic acids is 2. The zero-order valence-electron chi connectivity index (χ0n) is 16.7. The maximum absolute atomic E-state index is 13.0. The van der Waals surface area contributed by atoms with Crippen LogP contribution in [0, 0.1) is 0 Å². The molecular formula is C25H23NO4. The number of nitrogens with one attached hydrogen (secondary N) is 1. The van der Waals surface area contributed by atoms with Crippen LogP contribution in [0.1, 0.15) is 24.2 Å². The lowest BCUT2D eigenvalue weighted by Gasteiger charge is -2.18. The molecule has 0 fully saturated rings. The zero-order chi connectivity index (χ0) is 21.2. The molecule has 152 valence electrons. The van der Waals surface area contributed by atoms with E-state index in [1.807, 2.05) is 49.4 Å². The summed E-state index contributed by atoms with van der Waals surface area (Å²) in [6, 6.07) is 25.4. The Labute approximate surface area is 176 Å². The van der Waals surface area contributed by atoms with Gasteiger partial charge in [-0.3, -0.25) is 4.79 Å². The molecule has 1 amide bonds. The average Bonchev–Trinajstić information content (AvgIpc) is 2.79. The van der Waals surface area contributed by atoms with Crippen LogP contribution in [0.4, 0.5) is 5.69 Å². The van der Waals surface area contributed by atoms with Gasteiger partial charge in [-0.1, -0.05) is 72.8 Å². The normalized spacial score (nSPS) is 11.6. The van der Waals surface area contributed by atoms with Gasteiger partial charge in [-0.05, 0) is 30.7 Å². The van der Waals surface area contributed by atoms with Crippen LogP contribution in [-0.2, 0) is 14.3 Å². The summed E-state index contributed by atoms with van der Waals surface area (Å²) in [5.41, 5.74) is 1.95. The highest BCUT2D eigenvalue weighted by atomic mass is 16.5. The van der Waals surface area contributed by atoms with E-state index in [-0.39, 0.29) is 0 Å². The maximum atomic E-state index is 13.0. The molecule has 3 aromatic rings. The maximum Gasteiger partial charge on any atom is 0.331 e. The van der Waals surface area contributed by atoms with Crippen LogP contribution in [0.25, 0.3) is 6.08 Å². The van der Waals surface area contributed by atoms with Gasteiger partial charge in [0.25, 0.3) is 5.91 Å². The van der Waals surface area contributed by atoms with Gasteiger partial charge in [0.2, 0.25) is 6.10 Å². The van der Waals surface area contributed by atoms with Crippen LogP contribution in [0.15, 0.2) is 91.0 Å². The van der Waals surface area contributed by atoms with Gasteiger partial charge in [0, 0.05) is 11.6 Å². The number of esters is 1. The Kier molecular flexibility index (Phi) is 7.39. The first-order valence-corrected chi connectivity index (χ1v) is 9.68. The van der Waals surface area contributed by atoms with Gasteiger partial charge in [-0.2, -0.15) is 0 Å². The molecule has 0 aliphatic rings. The molecule has 0 heterocycles. The molecule has 30 heavy (non-hydrogen) atoms. The number of rotatable bonds is 8. The summed E-state index contributed by atoms with van der Waals surface area (Å²) in [6.45, 7) is 2.33. The third-order valence-electron chi connectivity index (χ3n) is 4.23. The molecule has 1 N–H and O–H groups in total. The molecule has 5 nitrogen and oxygen atoms in total. The minimum Gasteiger partial charge on any atom is -0.492 e. The van der Waals surface area contributed by atoms with E-state index in [0.717, 1.165) is 5.56 Å². The monoisotopic (exact) mass is 401 g/mol. The minimum absolute atomic E-state index is 0.463. The number of hydrogen-bond donors (Lipinski definition) is 1. The van der Waals surface area contributed by atoms with Crippen molar-refractivity contribution < 1.29 is 19.1 Å². The summed E-state index contributed by atoms with van der Waals surface area (Å²) >= 11 is 0. The predicted molar refractivity (Wildman–Crippen MR) is 117 cm³/mol. The van der Waals surface area contributed by atoms with E-state index in [2.05, 4.69) is 5.32 Å². The summed E-state index contributed by atoms with van der Waals surface area (Å²) in [7, 11) is 0. The Balaban J connectivity index is 1.78. The summed E-state index contributed by atoms with van der Waals surface area (Å²) in [5.74, 6) is -0.522. The number of carbonyl (C=O) groups is 2. The molecule has 0 radical (unpaired) electrons.